The van der Waals surface area contributed by atoms with Crippen molar-refractivity contribution in [3.8, 4) is 0 Å². The van der Waals surface area contributed by atoms with E-state index in [4.69, 9.17) is 0 Å². The fourth-order valence-corrected chi connectivity index (χ4v) is 5.61. The molecule has 8 nitrogen and oxygen atoms in total. The second-order valence-corrected chi connectivity index (χ2v) is 10.2. The van der Waals surface area contributed by atoms with E-state index in [1.807, 2.05) is 11.0 Å². The molecule has 34 heavy (non-hydrogen) atoms. The van der Waals surface area contributed by atoms with E-state index in [1.54, 1.807) is 25.1 Å². The maximum Gasteiger partial charge on any atom is 0.339 e. The second kappa shape index (κ2) is 9.34. The van der Waals surface area contributed by atoms with Crippen LogP contribution in [0.15, 0.2) is 65.7 Å². The number of pyridine rings is 1. The van der Waals surface area contributed by atoms with Gasteiger partial charge in [-0.15, -0.1) is 0 Å². The average Bonchev–Trinajstić information content (AvgIpc) is 2.79. The van der Waals surface area contributed by atoms with Crippen LogP contribution in [0.2, 0.25) is 0 Å². The molecule has 0 bridgehead atoms. The minimum Gasteiger partial charge on any atom is -0.478 e. The average molecular weight is 481 g/mol. The van der Waals surface area contributed by atoms with Crippen LogP contribution in [0.1, 0.15) is 28.4 Å². The molecule has 0 amide bonds. The van der Waals surface area contributed by atoms with Gasteiger partial charge >= 0.3 is 5.97 Å². The Morgan fingerprint density at radius 1 is 1.09 bits per heavy atom. The number of aromatic nitrogens is 1. The zero-order valence-corrected chi connectivity index (χ0v) is 20.2. The van der Waals surface area contributed by atoms with Crippen molar-refractivity contribution in [1.29, 1.82) is 0 Å². The molecule has 178 valence electrons. The number of rotatable bonds is 6. The SMILES string of the molecule is Cc1cccc(N2CCN(c3ncc(NS(=O)(=O)c4ccccc4C)cc3C(=O)O)C[C@H]2C)c1. The van der Waals surface area contributed by atoms with E-state index in [0.29, 0.717) is 31.0 Å². The molecule has 1 saturated heterocycles. The minimum absolute atomic E-state index is 0.0406. The number of aryl methyl sites for hydroxylation is 2. The molecule has 4 rings (SSSR count). The van der Waals surface area contributed by atoms with Gasteiger partial charge in [0.05, 0.1) is 16.8 Å². The number of sulfonamides is 1. The zero-order valence-electron chi connectivity index (χ0n) is 19.4. The summed E-state index contributed by atoms with van der Waals surface area (Å²) in [6, 6.07) is 16.4. The van der Waals surface area contributed by atoms with Gasteiger partial charge in [-0.3, -0.25) is 4.72 Å². The molecular formula is C25H28N4O4S. The molecule has 0 aliphatic carbocycles. The Kier molecular flexibility index (Phi) is 6.47. The molecule has 1 aliphatic rings. The van der Waals surface area contributed by atoms with E-state index < -0.39 is 16.0 Å². The fraction of sp³-hybridized carbons (Fsp3) is 0.280. The Morgan fingerprint density at radius 2 is 1.85 bits per heavy atom. The zero-order chi connectivity index (χ0) is 24.5. The van der Waals surface area contributed by atoms with Crippen molar-refractivity contribution in [2.45, 2.75) is 31.7 Å². The quantitative estimate of drug-likeness (QED) is 0.551. The molecule has 2 heterocycles. The molecule has 0 spiro atoms. The lowest BCUT2D eigenvalue weighted by Crippen LogP contribution is -2.52. The van der Waals surface area contributed by atoms with Crippen LogP contribution in [0, 0.1) is 13.8 Å². The highest BCUT2D eigenvalue weighted by molar-refractivity contribution is 7.92. The van der Waals surface area contributed by atoms with Crippen LogP contribution in [0.4, 0.5) is 17.2 Å². The van der Waals surface area contributed by atoms with Crippen LogP contribution in [0.3, 0.4) is 0 Å². The van der Waals surface area contributed by atoms with Gasteiger partial charge in [0.1, 0.15) is 11.4 Å². The van der Waals surface area contributed by atoms with Gasteiger partial charge in [-0.25, -0.2) is 18.2 Å². The number of hydrogen-bond donors (Lipinski definition) is 2. The lowest BCUT2D eigenvalue weighted by Gasteiger charge is -2.42. The van der Waals surface area contributed by atoms with E-state index in [-0.39, 0.29) is 22.2 Å². The van der Waals surface area contributed by atoms with Crippen molar-refractivity contribution < 1.29 is 18.3 Å². The monoisotopic (exact) mass is 480 g/mol. The number of carboxylic acid groups (broad SMARTS) is 1. The highest BCUT2D eigenvalue weighted by atomic mass is 32.2. The summed E-state index contributed by atoms with van der Waals surface area (Å²) in [5.74, 6) is -0.824. The number of hydrogen-bond acceptors (Lipinski definition) is 6. The topological polar surface area (TPSA) is 103 Å². The molecular weight excluding hydrogens is 452 g/mol. The second-order valence-electron chi connectivity index (χ2n) is 8.60. The fourth-order valence-electron chi connectivity index (χ4n) is 4.33. The van der Waals surface area contributed by atoms with Crippen LogP contribution in [0.5, 0.6) is 0 Å². The highest BCUT2D eigenvalue weighted by Gasteiger charge is 2.28. The molecule has 2 N–H and O–H groups in total. The first-order chi connectivity index (χ1) is 16.2. The van der Waals surface area contributed by atoms with Crippen molar-refractivity contribution in [1.82, 2.24) is 4.98 Å². The molecule has 2 aromatic carbocycles. The third-order valence-corrected chi connectivity index (χ3v) is 7.53. The van der Waals surface area contributed by atoms with Crippen LogP contribution in [0.25, 0.3) is 0 Å². The van der Waals surface area contributed by atoms with Crippen molar-refractivity contribution in [3.05, 3.63) is 77.5 Å². The first-order valence-corrected chi connectivity index (χ1v) is 12.5. The molecule has 1 aromatic heterocycles. The maximum absolute atomic E-state index is 12.8. The minimum atomic E-state index is -3.88. The van der Waals surface area contributed by atoms with E-state index in [1.165, 1.54) is 23.9 Å². The number of nitrogens with one attached hydrogen (secondary N) is 1. The first-order valence-electron chi connectivity index (χ1n) is 11.1. The molecule has 1 fully saturated rings. The summed E-state index contributed by atoms with van der Waals surface area (Å²) in [5.41, 5.74) is 2.99. The Labute approximate surface area is 199 Å². The number of carboxylic acids is 1. The van der Waals surface area contributed by atoms with E-state index >= 15 is 0 Å². The molecule has 0 radical (unpaired) electrons. The summed E-state index contributed by atoms with van der Waals surface area (Å²) < 4.78 is 28.1. The van der Waals surface area contributed by atoms with Gasteiger partial charge in [-0.2, -0.15) is 0 Å². The Morgan fingerprint density at radius 3 is 2.53 bits per heavy atom. The van der Waals surface area contributed by atoms with Gasteiger partial charge in [0.15, 0.2) is 0 Å². The summed E-state index contributed by atoms with van der Waals surface area (Å²) in [7, 11) is -3.88. The van der Waals surface area contributed by atoms with Crippen molar-refractivity contribution in [3.63, 3.8) is 0 Å². The highest BCUT2D eigenvalue weighted by Crippen LogP contribution is 2.28. The van der Waals surface area contributed by atoms with Gasteiger partial charge in [-0.05, 0) is 56.2 Å². The Balaban J connectivity index is 1.57. The van der Waals surface area contributed by atoms with Gasteiger partial charge in [0, 0.05) is 31.4 Å². The number of anilines is 3. The lowest BCUT2D eigenvalue weighted by atomic mass is 10.1. The molecule has 0 saturated carbocycles. The van der Waals surface area contributed by atoms with Crippen LogP contribution in [-0.2, 0) is 10.0 Å². The van der Waals surface area contributed by atoms with Crippen molar-refractivity contribution in [2.24, 2.45) is 0 Å². The normalized spacial score (nSPS) is 16.4. The standard InChI is InChI=1S/C25H28N4O4S/c1-17-7-6-9-21(13-17)29-12-11-28(16-19(29)3)24-22(25(30)31)14-20(15-26-24)27-34(32,33)23-10-5-4-8-18(23)2/h4-10,13-15,19,27H,11-12,16H2,1-3H3,(H,30,31)/t19-/m1/s1. The van der Waals surface area contributed by atoms with Crippen LogP contribution >= 0.6 is 0 Å². The number of nitrogens with zero attached hydrogens (tertiary/aromatic N) is 3. The van der Waals surface area contributed by atoms with Crippen molar-refractivity contribution in [2.75, 3.05) is 34.2 Å². The number of carbonyl (C=O) groups is 1. The number of benzene rings is 2. The summed E-state index contributed by atoms with van der Waals surface area (Å²) in [5, 5.41) is 9.85. The maximum atomic E-state index is 12.8. The Hall–Kier alpha value is -3.59. The molecule has 3 aromatic rings. The van der Waals surface area contributed by atoms with Crippen LogP contribution in [-0.4, -0.2) is 50.2 Å². The molecule has 9 heteroatoms. The van der Waals surface area contributed by atoms with Gasteiger partial charge in [0.25, 0.3) is 10.0 Å². The predicted molar refractivity (Wildman–Crippen MR) is 133 cm³/mol. The molecule has 0 unspecified atom stereocenters. The first kappa shape index (κ1) is 23.6. The van der Waals surface area contributed by atoms with Crippen LogP contribution < -0.4 is 14.5 Å². The van der Waals surface area contributed by atoms with E-state index in [2.05, 4.69) is 46.7 Å². The third-order valence-electron chi connectivity index (χ3n) is 5.99. The summed E-state index contributed by atoms with van der Waals surface area (Å²) in [6.07, 6.45) is 1.37. The smallest absolute Gasteiger partial charge is 0.339 e. The Bertz CT molecular complexity index is 1330. The van der Waals surface area contributed by atoms with Gasteiger partial charge in [0.2, 0.25) is 0 Å². The van der Waals surface area contributed by atoms with Gasteiger partial charge in [-0.1, -0.05) is 30.3 Å². The number of aromatic carboxylic acids is 1. The summed E-state index contributed by atoms with van der Waals surface area (Å²) in [4.78, 5) is 20.8. The summed E-state index contributed by atoms with van der Waals surface area (Å²) in [6.45, 7) is 7.76. The number of piperazine rings is 1. The largest absolute Gasteiger partial charge is 0.478 e. The van der Waals surface area contributed by atoms with Crippen molar-refractivity contribution >= 4 is 33.2 Å². The lowest BCUT2D eigenvalue weighted by molar-refractivity contribution is 0.0697. The third kappa shape index (κ3) is 4.84. The van der Waals surface area contributed by atoms with E-state index in [0.717, 1.165) is 5.69 Å². The molecule has 1 aliphatic heterocycles. The van der Waals surface area contributed by atoms with Gasteiger partial charge < -0.3 is 14.9 Å². The predicted octanol–water partition coefficient (Wildman–Crippen LogP) is 3.91. The van der Waals surface area contributed by atoms with E-state index in [9.17, 15) is 18.3 Å². The molecule has 1 atom stereocenters. The summed E-state index contributed by atoms with van der Waals surface area (Å²) >= 11 is 0.